The van der Waals surface area contributed by atoms with E-state index in [0.29, 0.717) is 6.54 Å². The third-order valence-electron chi connectivity index (χ3n) is 3.67. The molecule has 0 radical (unpaired) electrons. The molecule has 0 aliphatic rings. The third-order valence-corrected chi connectivity index (χ3v) is 3.67. The summed E-state index contributed by atoms with van der Waals surface area (Å²) in [4.78, 5) is 2.41. The van der Waals surface area contributed by atoms with E-state index >= 15 is 0 Å². The molecule has 2 aromatic rings. The summed E-state index contributed by atoms with van der Waals surface area (Å²) in [5.41, 5.74) is 9.46. The van der Waals surface area contributed by atoms with Crippen LogP contribution in [0.25, 0.3) is 0 Å². The summed E-state index contributed by atoms with van der Waals surface area (Å²) in [6.45, 7) is 5.58. The van der Waals surface area contributed by atoms with Crippen LogP contribution in [-0.2, 0) is 19.6 Å². The van der Waals surface area contributed by atoms with E-state index < -0.39 is 0 Å². The molecule has 112 valence electrons. The summed E-state index contributed by atoms with van der Waals surface area (Å²) in [6.07, 6.45) is 0. The maximum Gasteiger partial charge on any atom is 0.123 e. The molecule has 0 saturated heterocycles. The van der Waals surface area contributed by atoms with Crippen molar-refractivity contribution in [2.45, 2.75) is 26.6 Å². The lowest BCUT2D eigenvalue weighted by atomic mass is 10.1. The van der Waals surface area contributed by atoms with Crippen LogP contribution in [-0.4, -0.2) is 18.6 Å². The van der Waals surface area contributed by atoms with Gasteiger partial charge in [-0.15, -0.1) is 0 Å². The van der Waals surface area contributed by atoms with Crippen LogP contribution < -0.4 is 10.5 Å². The van der Waals surface area contributed by atoms with Gasteiger partial charge in [-0.1, -0.05) is 43.3 Å². The van der Waals surface area contributed by atoms with Crippen molar-refractivity contribution in [1.82, 2.24) is 4.90 Å². The van der Waals surface area contributed by atoms with Crippen molar-refractivity contribution in [3.05, 3.63) is 65.2 Å². The van der Waals surface area contributed by atoms with Crippen LogP contribution in [0.15, 0.2) is 48.5 Å². The number of ether oxygens (including phenoxy) is 1. The topological polar surface area (TPSA) is 38.5 Å². The second kappa shape index (κ2) is 7.81. The van der Waals surface area contributed by atoms with E-state index in [4.69, 9.17) is 10.5 Å². The van der Waals surface area contributed by atoms with Crippen LogP contribution >= 0.6 is 0 Å². The lowest BCUT2D eigenvalue weighted by Gasteiger charge is -2.21. The summed E-state index contributed by atoms with van der Waals surface area (Å²) in [7, 11) is 1.68. The number of hydrogen-bond acceptors (Lipinski definition) is 3. The van der Waals surface area contributed by atoms with Gasteiger partial charge in [-0.05, 0) is 29.8 Å². The molecule has 0 heterocycles. The van der Waals surface area contributed by atoms with Gasteiger partial charge in [-0.3, -0.25) is 4.90 Å². The second-order valence-corrected chi connectivity index (χ2v) is 5.14. The van der Waals surface area contributed by atoms with Gasteiger partial charge in [0.2, 0.25) is 0 Å². The van der Waals surface area contributed by atoms with E-state index in [-0.39, 0.29) is 0 Å². The Morgan fingerprint density at radius 2 is 1.71 bits per heavy atom. The molecule has 0 saturated carbocycles. The molecule has 0 aromatic heterocycles. The highest BCUT2D eigenvalue weighted by Gasteiger charge is 2.07. The van der Waals surface area contributed by atoms with Crippen molar-refractivity contribution < 1.29 is 4.74 Å². The maximum atomic E-state index is 5.79. The van der Waals surface area contributed by atoms with Crippen molar-refractivity contribution in [3.8, 4) is 5.75 Å². The van der Waals surface area contributed by atoms with Gasteiger partial charge in [-0.25, -0.2) is 0 Å². The Hall–Kier alpha value is -1.84. The van der Waals surface area contributed by atoms with Crippen molar-refractivity contribution in [3.63, 3.8) is 0 Å². The summed E-state index contributed by atoms with van der Waals surface area (Å²) in [6, 6.07) is 16.8. The molecule has 3 nitrogen and oxygen atoms in total. The van der Waals surface area contributed by atoms with Gasteiger partial charge >= 0.3 is 0 Å². The van der Waals surface area contributed by atoms with E-state index in [2.05, 4.69) is 54.3 Å². The average Bonchev–Trinajstić information content (AvgIpc) is 2.55. The maximum absolute atomic E-state index is 5.79. The minimum atomic E-state index is 0.502. The molecule has 21 heavy (non-hydrogen) atoms. The molecule has 2 N–H and O–H groups in total. The normalized spacial score (nSPS) is 10.9. The Bertz CT molecular complexity index is 554. The molecule has 0 atom stereocenters. The number of nitrogens with zero attached hydrogens (tertiary/aromatic N) is 1. The Morgan fingerprint density at radius 3 is 2.33 bits per heavy atom. The second-order valence-electron chi connectivity index (χ2n) is 5.14. The largest absolute Gasteiger partial charge is 0.496 e. The predicted octanol–water partition coefficient (Wildman–Crippen LogP) is 3.18. The van der Waals surface area contributed by atoms with Gasteiger partial charge in [0.25, 0.3) is 0 Å². The van der Waals surface area contributed by atoms with E-state index in [9.17, 15) is 0 Å². The predicted molar refractivity (Wildman–Crippen MR) is 87.1 cm³/mol. The highest BCUT2D eigenvalue weighted by Crippen LogP contribution is 2.20. The zero-order chi connectivity index (χ0) is 15.1. The zero-order valence-electron chi connectivity index (χ0n) is 12.9. The van der Waals surface area contributed by atoms with Gasteiger partial charge in [0.15, 0.2) is 0 Å². The molecule has 0 fully saturated rings. The Balaban J connectivity index is 2.08. The first kappa shape index (κ1) is 15.5. The van der Waals surface area contributed by atoms with Gasteiger partial charge < -0.3 is 10.5 Å². The first-order chi connectivity index (χ1) is 10.3. The molecule has 0 unspecified atom stereocenters. The van der Waals surface area contributed by atoms with E-state index in [0.717, 1.165) is 30.9 Å². The van der Waals surface area contributed by atoms with Crippen molar-refractivity contribution in [2.75, 3.05) is 13.7 Å². The standard InChI is InChI=1S/C18H24N2O/c1-3-20(13-15-7-5-4-6-8-15)14-16-9-10-18(21-2)17(11-16)12-19/h4-11H,3,12-14,19H2,1-2H3. The molecule has 2 rings (SSSR count). The van der Waals surface area contributed by atoms with Gasteiger partial charge in [-0.2, -0.15) is 0 Å². The van der Waals surface area contributed by atoms with E-state index in [1.165, 1.54) is 11.1 Å². The monoisotopic (exact) mass is 284 g/mol. The molecule has 0 spiro atoms. The quantitative estimate of drug-likeness (QED) is 0.848. The molecule has 0 aliphatic heterocycles. The van der Waals surface area contributed by atoms with Gasteiger partial charge in [0.1, 0.15) is 5.75 Å². The summed E-state index contributed by atoms with van der Waals surface area (Å²) >= 11 is 0. The van der Waals surface area contributed by atoms with Crippen molar-refractivity contribution >= 4 is 0 Å². The molecule has 0 amide bonds. The fourth-order valence-corrected chi connectivity index (χ4v) is 2.47. The summed E-state index contributed by atoms with van der Waals surface area (Å²) in [5.74, 6) is 0.868. The van der Waals surface area contributed by atoms with Gasteiger partial charge in [0, 0.05) is 25.2 Å². The highest BCUT2D eigenvalue weighted by molar-refractivity contribution is 5.37. The molecule has 3 heteroatoms. The molecular weight excluding hydrogens is 260 g/mol. The van der Waals surface area contributed by atoms with Crippen LogP contribution in [0.3, 0.4) is 0 Å². The fraction of sp³-hybridized carbons (Fsp3) is 0.333. The molecular formula is C18H24N2O. The Kier molecular flexibility index (Phi) is 5.78. The number of rotatable bonds is 7. The Morgan fingerprint density at radius 1 is 1.00 bits per heavy atom. The van der Waals surface area contributed by atoms with Crippen molar-refractivity contribution in [1.29, 1.82) is 0 Å². The lowest BCUT2D eigenvalue weighted by Crippen LogP contribution is -2.22. The van der Waals surface area contributed by atoms with E-state index in [1.807, 2.05) is 6.07 Å². The number of hydrogen-bond donors (Lipinski definition) is 1. The van der Waals surface area contributed by atoms with Crippen LogP contribution in [0, 0.1) is 0 Å². The lowest BCUT2D eigenvalue weighted by molar-refractivity contribution is 0.271. The molecule has 2 aromatic carbocycles. The summed E-state index contributed by atoms with van der Waals surface area (Å²) < 4.78 is 5.32. The molecule has 0 aliphatic carbocycles. The van der Waals surface area contributed by atoms with E-state index in [1.54, 1.807) is 7.11 Å². The highest BCUT2D eigenvalue weighted by atomic mass is 16.5. The SMILES string of the molecule is CCN(Cc1ccccc1)Cc1ccc(OC)c(CN)c1. The number of benzene rings is 2. The smallest absolute Gasteiger partial charge is 0.123 e. The van der Waals surface area contributed by atoms with Crippen LogP contribution in [0.4, 0.5) is 0 Å². The zero-order valence-corrected chi connectivity index (χ0v) is 12.9. The Labute approximate surface area is 127 Å². The van der Waals surface area contributed by atoms with Crippen molar-refractivity contribution in [2.24, 2.45) is 5.73 Å². The van der Waals surface area contributed by atoms with Crippen LogP contribution in [0.1, 0.15) is 23.6 Å². The molecule has 0 bridgehead atoms. The van der Waals surface area contributed by atoms with Crippen LogP contribution in [0.5, 0.6) is 5.75 Å². The summed E-state index contributed by atoms with van der Waals surface area (Å²) in [5, 5.41) is 0. The third kappa shape index (κ3) is 4.31. The average molecular weight is 284 g/mol. The fourth-order valence-electron chi connectivity index (χ4n) is 2.47. The minimum absolute atomic E-state index is 0.502. The number of nitrogens with two attached hydrogens (primary N) is 1. The number of methoxy groups -OCH3 is 1. The minimum Gasteiger partial charge on any atom is -0.496 e. The first-order valence-electron chi connectivity index (χ1n) is 7.39. The van der Waals surface area contributed by atoms with Gasteiger partial charge in [0.05, 0.1) is 7.11 Å². The van der Waals surface area contributed by atoms with Crippen LogP contribution in [0.2, 0.25) is 0 Å². The first-order valence-corrected chi connectivity index (χ1v) is 7.39.